The van der Waals surface area contributed by atoms with E-state index >= 15 is 0 Å². The number of hydrogen-bond donors (Lipinski definition) is 1. The summed E-state index contributed by atoms with van der Waals surface area (Å²) in [5, 5.41) is 23.1. The molecule has 1 aromatic heterocycles. The van der Waals surface area contributed by atoms with E-state index in [-0.39, 0.29) is 5.92 Å². The first-order valence-electron chi connectivity index (χ1n) is 8.29. The molecule has 1 heterocycles. The fourth-order valence-electron chi connectivity index (χ4n) is 4.07. The molecule has 3 nitrogen and oxygen atoms in total. The number of aliphatic hydroxyl groups is 1. The molecule has 3 aromatic rings. The Hall–Kier alpha value is -2.48. The molecule has 1 N–H and O–H groups in total. The van der Waals surface area contributed by atoms with E-state index < -0.39 is 11.5 Å². The normalized spacial score (nSPS) is 23.0. The van der Waals surface area contributed by atoms with Gasteiger partial charge in [-0.15, -0.1) is 11.3 Å². The molecule has 0 bridgehead atoms. The summed E-state index contributed by atoms with van der Waals surface area (Å²) in [6.45, 7) is 2.13. The minimum absolute atomic E-state index is 0.0240. The van der Waals surface area contributed by atoms with Crippen LogP contribution < -0.4 is 0 Å². The van der Waals surface area contributed by atoms with Crippen molar-refractivity contribution in [3.8, 4) is 6.07 Å². The summed E-state index contributed by atoms with van der Waals surface area (Å²) in [6, 6.07) is 18.4. The lowest BCUT2D eigenvalue weighted by Gasteiger charge is -2.36. The molecule has 0 saturated heterocycles. The van der Waals surface area contributed by atoms with Gasteiger partial charge in [0.1, 0.15) is 11.1 Å². The maximum absolute atomic E-state index is 11.2. The third-order valence-corrected chi connectivity index (χ3v) is 6.09. The molecule has 0 saturated carbocycles. The Kier molecular flexibility index (Phi) is 3.91. The molecule has 0 spiro atoms. The van der Waals surface area contributed by atoms with Crippen LogP contribution in [0.4, 0.5) is 0 Å². The molecule has 0 unspecified atom stereocenters. The molecule has 0 amide bonds. The average Bonchev–Trinajstić information content (AvgIpc) is 3.27. The van der Waals surface area contributed by atoms with E-state index in [1.165, 1.54) is 16.9 Å². The van der Waals surface area contributed by atoms with E-state index in [2.05, 4.69) is 30.1 Å². The number of rotatable bonds is 3. The smallest absolute Gasteiger partial charge is 0.122 e. The fourth-order valence-corrected chi connectivity index (χ4v) is 4.85. The standard InChI is InChI=1S/C21H18N2OS/c1-21(19(24)20-23-9-10-25-20)12-16-8-7-14(13-22)11-17(16)18(21)15-5-3-2-4-6-15/h2-11,18-19,24H,12H2,1H3/t18-,19-,21+/m0/s1. The Morgan fingerprint density at radius 3 is 2.76 bits per heavy atom. The summed E-state index contributed by atoms with van der Waals surface area (Å²) < 4.78 is 0. The zero-order valence-electron chi connectivity index (χ0n) is 13.9. The van der Waals surface area contributed by atoms with Gasteiger partial charge in [0.2, 0.25) is 0 Å². The van der Waals surface area contributed by atoms with Crippen molar-refractivity contribution in [1.29, 1.82) is 5.26 Å². The zero-order chi connectivity index (χ0) is 17.4. The van der Waals surface area contributed by atoms with Gasteiger partial charge in [0.25, 0.3) is 0 Å². The quantitative estimate of drug-likeness (QED) is 0.762. The number of fused-ring (bicyclic) bond motifs is 1. The van der Waals surface area contributed by atoms with Gasteiger partial charge >= 0.3 is 0 Å². The fraction of sp³-hybridized carbons (Fsp3) is 0.238. The molecule has 25 heavy (non-hydrogen) atoms. The molecular weight excluding hydrogens is 328 g/mol. The Balaban J connectivity index is 1.88. The van der Waals surface area contributed by atoms with Crippen molar-refractivity contribution in [2.45, 2.75) is 25.4 Å². The van der Waals surface area contributed by atoms with E-state index in [1.54, 1.807) is 6.20 Å². The highest BCUT2D eigenvalue weighted by molar-refractivity contribution is 7.09. The lowest BCUT2D eigenvalue weighted by atomic mass is 9.70. The van der Waals surface area contributed by atoms with Gasteiger partial charge in [-0.25, -0.2) is 4.98 Å². The number of nitriles is 1. The molecule has 1 aliphatic carbocycles. The average molecular weight is 346 g/mol. The highest BCUT2D eigenvalue weighted by Crippen LogP contribution is 2.56. The number of hydrogen-bond acceptors (Lipinski definition) is 4. The lowest BCUT2D eigenvalue weighted by Crippen LogP contribution is -2.31. The van der Waals surface area contributed by atoms with Gasteiger partial charge < -0.3 is 5.11 Å². The minimum atomic E-state index is -0.657. The Bertz CT molecular complexity index is 930. The van der Waals surface area contributed by atoms with E-state index in [0.29, 0.717) is 5.56 Å². The van der Waals surface area contributed by atoms with Crippen LogP contribution >= 0.6 is 11.3 Å². The topological polar surface area (TPSA) is 56.9 Å². The van der Waals surface area contributed by atoms with Crippen LogP contribution in [0.3, 0.4) is 0 Å². The molecule has 2 aromatic carbocycles. The predicted molar refractivity (Wildman–Crippen MR) is 98.3 cm³/mol. The second-order valence-corrected chi connectivity index (χ2v) is 7.75. The van der Waals surface area contributed by atoms with Crippen LogP contribution in [0, 0.1) is 16.7 Å². The third-order valence-electron chi connectivity index (χ3n) is 5.26. The summed E-state index contributed by atoms with van der Waals surface area (Å²) in [4.78, 5) is 4.35. The first-order valence-corrected chi connectivity index (χ1v) is 9.17. The van der Waals surface area contributed by atoms with E-state index in [9.17, 15) is 10.4 Å². The number of benzene rings is 2. The van der Waals surface area contributed by atoms with Gasteiger partial charge in [0.15, 0.2) is 0 Å². The summed E-state index contributed by atoms with van der Waals surface area (Å²) in [5.74, 6) is 0.0240. The van der Waals surface area contributed by atoms with Crippen LogP contribution in [0.5, 0.6) is 0 Å². The summed E-state index contributed by atoms with van der Waals surface area (Å²) in [5.41, 5.74) is 3.76. The molecule has 124 valence electrons. The maximum Gasteiger partial charge on any atom is 0.122 e. The second-order valence-electron chi connectivity index (χ2n) is 6.82. The van der Waals surface area contributed by atoms with Crippen molar-refractivity contribution in [2.75, 3.05) is 0 Å². The maximum atomic E-state index is 11.2. The molecule has 0 radical (unpaired) electrons. The number of thiazole rings is 1. The SMILES string of the molecule is C[C@@]1([C@@H](O)c2nccs2)Cc2ccc(C#N)cc2[C@@H]1c1ccccc1. The second kappa shape index (κ2) is 6.11. The lowest BCUT2D eigenvalue weighted by molar-refractivity contribution is 0.0316. The van der Waals surface area contributed by atoms with Crippen LogP contribution in [0.1, 0.15) is 46.2 Å². The number of aliphatic hydroxyl groups excluding tert-OH is 1. The van der Waals surface area contributed by atoms with Crippen molar-refractivity contribution in [1.82, 2.24) is 4.98 Å². The molecule has 1 aliphatic rings. The van der Waals surface area contributed by atoms with Gasteiger partial charge in [0.05, 0.1) is 11.6 Å². The van der Waals surface area contributed by atoms with Crippen molar-refractivity contribution in [3.63, 3.8) is 0 Å². The van der Waals surface area contributed by atoms with Gasteiger partial charge in [0, 0.05) is 22.9 Å². The largest absolute Gasteiger partial charge is 0.385 e. The number of nitrogens with zero attached hydrogens (tertiary/aromatic N) is 2. The molecule has 4 rings (SSSR count). The summed E-state index contributed by atoms with van der Waals surface area (Å²) >= 11 is 1.49. The van der Waals surface area contributed by atoms with Crippen LogP contribution in [-0.4, -0.2) is 10.1 Å². The highest BCUT2D eigenvalue weighted by atomic mass is 32.1. The monoisotopic (exact) mass is 346 g/mol. The molecule has 4 heteroatoms. The van der Waals surface area contributed by atoms with Gasteiger partial charge in [-0.3, -0.25) is 0 Å². The predicted octanol–water partition coefficient (Wildman–Crippen LogP) is 4.44. The Labute approximate surface area is 151 Å². The molecule has 0 aliphatic heterocycles. The van der Waals surface area contributed by atoms with Gasteiger partial charge in [-0.05, 0) is 35.2 Å². The molecular formula is C21H18N2OS. The Morgan fingerprint density at radius 2 is 2.08 bits per heavy atom. The van der Waals surface area contributed by atoms with E-state index in [4.69, 9.17) is 0 Å². The first-order chi connectivity index (χ1) is 12.1. The van der Waals surface area contributed by atoms with Crippen LogP contribution in [0.25, 0.3) is 0 Å². The summed E-state index contributed by atoms with van der Waals surface area (Å²) in [7, 11) is 0. The van der Waals surface area contributed by atoms with Crippen LogP contribution in [0.15, 0.2) is 60.1 Å². The summed E-state index contributed by atoms with van der Waals surface area (Å²) in [6.07, 6.45) is 1.84. The zero-order valence-corrected chi connectivity index (χ0v) is 14.7. The number of aromatic nitrogens is 1. The third kappa shape index (κ3) is 2.57. The molecule has 0 fully saturated rings. The van der Waals surface area contributed by atoms with E-state index in [0.717, 1.165) is 22.6 Å². The van der Waals surface area contributed by atoms with Crippen molar-refractivity contribution in [2.24, 2.45) is 5.41 Å². The van der Waals surface area contributed by atoms with Crippen LogP contribution in [-0.2, 0) is 6.42 Å². The van der Waals surface area contributed by atoms with Crippen LogP contribution in [0.2, 0.25) is 0 Å². The van der Waals surface area contributed by atoms with Gasteiger partial charge in [-0.2, -0.15) is 5.26 Å². The minimum Gasteiger partial charge on any atom is -0.385 e. The van der Waals surface area contributed by atoms with Crippen molar-refractivity contribution in [3.05, 3.63) is 87.4 Å². The highest BCUT2D eigenvalue weighted by Gasteiger charge is 2.49. The molecule has 3 atom stereocenters. The first kappa shape index (κ1) is 16.0. The van der Waals surface area contributed by atoms with Crippen molar-refractivity contribution >= 4 is 11.3 Å². The Morgan fingerprint density at radius 1 is 1.28 bits per heavy atom. The van der Waals surface area contributed by atoms with Crippen molar-refractivity contribution < 1.29 is 5.11 Å². The van der Waals surface area contributed by atoms with E-state index in [1.807, 2.05) is 41.8 Å². The van der Waals surface area contributed by atoms with Gasteiger partial charge in [-0.1, -0.05) is 43.3 Å².